The SMILES string of the molecule is CNS(=O)(=O)c1ccc(N(C)C)c(Nc2ncnc3n[nH]c(-c4ccon4)c23)c1. The number of nitrogens with one attached hydrogen (secondary N) is 3. The van der Waals surface area contributed by atoms with Gasteiger partial charge in [-0.15, -0.1) is 0 Å². The lowest BCUT2D eigenvalue weighted by Gasteiger charge is -2.19. The molecule has 0 bridgehead atoms. The summed E-state index contributed by atoms with van der Waals surface area (Å²) < 4.78 is 31.8. The second kappa shape index (κ2) is 7.14. The molecule has 4 rings (SSSR count). The minimum absolute atomic E-state index is 0.127. The van der Waals surface area contributed by atoms with Gasteiger partial charge in [0.05, 0.1) is 21.7 Å². The highest BCUT2D eigenvalue weighted by molar-refractivity contribution is 7.89. The van der Waals surface area contributed by atoms with Gasteiger partial charge in [0.1, 0.15) is 29.8 Å². The minimum atomic E-state index is -3.61. The summed E-state index contributed by atoms with van der Waals surface area (Å²) in [4.78, 5) is 10.5. The molecule has 0 atom stereocenters. The van der Waals surface area contributed by atoms with Crippen molar-refractivity contribution in [1.29, 1.82) is 0 Å². The Morgan fingerprint density at radius 3 is 2.69 bits per heavy atom. The van der Waals surface area contributed by atoms with Gasteiger partial charge in [0.15, 0.2) is 5.65 Å². The summed E-state index contributed by atoms with van der Waals surface area (Å²) in [5.41, 5.74) is 2.90. The fraction of sp³-hybridized carbons (Fsp3) is 0.176. The molecule has 0 saturated heterocycles. The van der Waals surface area contributed by atoms with Crippen LogP contribution in [-0.2, 0) is 10.0 Å². The molecular formula is C17H18N8O3S. The van der Waals surface area contributed by atoms with Gasteiger partial charge in [0.25, 0.3) is 0 Å². The van der Waals surface area contributed by atoms with Crippen LogP contribution in [0.3, 0.4) is 0 Å². The first-order valence-electron chi connectivity index (χ1n) is 8.52. The van der Waals surface area contributed by atoms with Crippen molar-refractivity contribution in [1.82, 2.24) is 30.0 Å². The topological polar surface area (TPSA) is 142 Å². The fourth-order valence-corrected chi connectivity index (χ4v) is 3.65. The third-order valence-corrected chi connectivity index (χ3v) is 5.74. The van der Waals surface area contributed by atoms with Gasteiger partial charge in [0.2, 0.25) is 10.0 Å². The van der Waals surface area contributed by atoms with Crippen LogP contribution in [-0.4, -0.2) is 54.9 Å². The van der Waals surface area contributed by atoms with E-state index in [-0.39, 0.29) is 4.90 Å². The highest BCUT2D eigenvalue weighted by atomic mass is 32.2. The van der Waals surface area contributed by atoms with Crippen LogP contribution < -0.4 is 14.9 Å². The molecule has 0 aliphatic heterocycles. The molecule has 0 fully saturated rings. The van der Waals surface area contributed by atoms with Crippen LogP contribution in [0, 0.1) is 0 Å². The summed E-state index contributed by atoms with van der Waals surface area (Å²) in [5.74, 6) is 0.448. The number of nitrogens with zero attached hydrogens (tertiary/aromatic N) is 5. The van der Waals surface area contributed by atoms with Crippen LogP contribution in [0.25, 0.3) is 22.4 Å². The number of hydrogen-bond donors (Lipinski definition) is 3. The maximum Gasteiger partial charge on any atom is 0.240 e. The van der Waals surface area contributed by atoms with Crippen LogP contribution in [0.1, 0.15) is 0 Å². The molecule has 0 saturated carbocycles. The lowest BCUT2D eigenvalue weighted by Crippen LogP contribution is -2.19. The van der Waals surface area contributed by atoms with E-state index in [0.29, 0.717) is 33.9 Å². The molecule has 3 aromatic heterocycles. The molecule has 12 heteroatoms. The minimum Gasteiger partial charge on any atom is -0.376 e. The predicted molar refractivity (Wildman–Crippen MR) is 107 cm³/mol. The lowest BCUT2D eigenvalue weighted by atomic mass is 10.2. The standard InChI is InChI=1S/C17H18N8O3S/c1-18-29(26,27)10-4-5-13(25(2)3)12(8-10)21-16-14-15(11-6-7-28-24-11)22-23-17(14)20-9-19-16/h4-9,18H,1-3H3,(H2,19,20,21,22,23). The van der Waals surface area contributed by atoms with Crippen LogP contribution in [0.15, 0.2) is 46.3 Å². The number of anilines is 3. The quantitative estimate of drug-likeness (QED) is 0.430. The molecule has 3 heterocycles. The maximum atomic E-state index is 12.3. The summed E-state index contributed by atoms with van der Waals surface area (Å²) in [5, 5.41) is 14.8. The first-order chi connectivity index (χ1) is 13.9. The summed E-state index contributed by atoms with van der Waals surface area (Å²) in [6, 6.07) is 6.50. The van der Waals surface area contributed by atoms with Crippen LogP contribution in [0.4, 0.5) is 17.2 Å². The Bertz CT molecular complexity index is 1270. The van der Waals surface area contributed by atoms with E-state index in [2.05, 4.69) is 35.4 Å². The molecule has 4 aromatic rings. The van der Waals surface area contributed by atoms with Crippen LogP contribution in [0.5, 0.6) is 0 Å². The molecule has 29 heavy (non-hydrogen) atoms. The Morgan fingerprint density at radius 2 is 2.00 bits per heavy atom. The highest BCUT2D eigenvalue weighted by Crippen LogP contribution is 2.34. The lowest BCUT2D eigenvalue weighted by molar-refractivity contribution is 0.422. The zero-order chi connectivity index (χ0) is 20.6. The monoisotopic (exact) mass is 414 g/mol. The second-order valence-corrected chi connectivity index (χ2v) is 8.20. The number of H-pyrrole nitrogens is 1. The van der Waals surface area contributed by atoms with E-state index in [1.165, 1.54) is 19.6 Å². The van der Waals surface area contributed by atoms with Gasteiger partial charge in [-0.3, -0.25) is 5.10 Å². The van der Waals surface area contributed by atoms with Crippen molar-refractivity contribution >= 4 is 38.2 Å². The first kappa shape index (κ1) is 18.8. The molecule has 0 amide bonds. The zero-order valence-electron chi connectivity index (χ0n) is 15.8. The van der Waals surface area contributed by atoms with Crippen LogP contribution >= 0.6 is 0 Å². The van der Waals surface area contributed by atoms with Gasteiger partial charge in [-0.2, -0.15) is 5.10 Å². The Labute approximate surface area is 166 Å². The van der Waals surface area contributed by atoms with Gasteiger partial charge in [-0.05, 0) is 25.2 Å². The third-order valence-electron chi connectivity index (χ3n) is 4.33. The van der Waals surface area contributed by atoms with E-state index in [1.54, 1.807) is 24.3 Å². The van der Waals surface area contributed by atoms with Gasteiger partial charge >= 0.3 is 0 Å². The highest BCUT2D eigenvalue weighted by Gasteiger charge is 2.19. The van der Waals surface area contributed by atoms with Crippen molar-refractivity contribution in [2.24, 2.45) is 0 Å². The number of hydrogen-bond acceptors (Lipinski definition) is 9. The largest absolute Gasteiger partial charge is 0.376 e. The molecule has 3 N–H and O–H groups in total. The Hall–Kier alpha value is -3.51. The number of sulfonamides is 1. The summed E-state index contributed by atoms with van der Waals surface area (Å²) >= 11 is 0. The van der Waals surface area contributed by atoms with Crippen molar-refractivity contribution in [2.45, 2.75) is 4.90 Å². The van der Waals surface area contributed by atoms with Crippen molar-refractivity contribution in [3.63, 3.8) is 0 Å². The summed E-state index contributed by atoms with van der Waals surface area (Å²) in [6.07, 6.45) is 2.83. The summed E-state index contributed by atoms with van der Waals surface area (Å²) in [6.45, 7) is 0. The van der Waals surface area contributed by atoms with Crippen molar-refractivity contribution < 1.29 is 12.9 Å². The average Bonchev–Trinajstić information content (AvgIpc) is 3.37. The van der Waals surface area contributed by atoms with Gasteiger partial charge in [0, 0.05) is 20.2 Å². The third kappa shape index (κ3) is 3.39. The Balaban J connectivity index is 1.87. The average molecular weight is 414 g/mol. The first-order valence-corrected chi connectivity index (χ1v) is 10.0. The van der Waals surface area contributed by atoms with Gasteiger partial charge in [-0.1, -0.05) is 5.16 Å². The molecule has 0 aliphatic carbocycles. The molecular weight excluding hydrogens is 396 g/mol. The number of rotatable bonds is 6. The van der Waals surface area contributed by atoms with E-state index in [9.17, 15) is 8.42 Å². The van der Waals surface area contributed by atoms with Crippen molar-refractivity contribution in [2.75, 3.05) is 31.4 Å². The number of benzene rings is 1. The normalized spacial score (nSPS) is 11.7. The molecule has 0 spiro atoms. The summed E-state index contributed by atoms with van der Waals surface area (Å²) in [7, 11) is 1.48. The van der Waals surface area contributed by atoms with Crippen molar-refractivity contribution in [3.05, 3.63) is 36.9 Å². The van der Waals surface area contributed by atoms with E-state index in [0.717, 1.165) is 5.69 Å². The molecule has 150 valence electrons. The molecule has 0 radical (unpaired) electrons. The fourth-order valence-electron chi connectivity index (χ4n) is 2.90. The Morgan fingerprint density at radius 1 is 1.17 bits per heavy atom. The zero-order valence-corrected chi connectivity index (χ0v) is 16.6. The number of aromatic nitrogens is 5. The van der Waals surface area contributed by atoms with E-state index < -0.39 is 10.0 Å². The van der Waals surface area contributed by atoms with Gasteiger partial charge in [-0.25, -0.2) is 23.1 Å². The predicted octanol–water partition coefficient (Wildman–Crippen LogP) is 1.73. The molecule has 0 unspecified atom stereocenters. The smallest absolute Gasteiger partial charge is 0.240 e. The molecule has 11 nitrogen and oxygen atoms in total. The van der Waals surface area contributed by atoms with Crippen molar-refractivity contribution in [3.8, 4) is 11.4 Å². The molecule has 1 aromatic carbocycles. The Kier molecular flexibility index (Phi) is 4.64. The number of aromatic amines is 1. The van der Waals surface area contributed by atoms with E-state index in [1.807, 2.05) is 19.0 Å². The van der Waals surface area contributed by atoms with E-state index >= 15 is 0 Å². The maximum absolute atomic E-state index is 12.3. The van der Waals surface area contributed by atoms with Crippen LogP contribution in [0.2, 0.25) is 0 Å². The van der Waals surface area contributed by atoms with E-state index in [4.69, 9.17) is 4.52 Å². The van der Waals surface area contributed by atoms with Gasteiger partial charge < -0.3 is 14.7 Å². The second-order valence-electron chi connectivity index (χ2n) is 6.31. The number of fused-ring (bicyclic) bond motifs is 1. The molecule has 0 aliphatic rings.